The molecule has 2 aromatic carbocycles. The van der Waals surface area contributed by atoms with Crippen LogP contribution in [0.25, 0.3) is 10.9 Å². The number of amides is 1. The molecule has 0 saturated carbocycles. The van der Waals surface area contributed by atoms with Crippen molar-refractivity contribution in [1.29, 1.82) is 0 Å². The van der Waals surface area contributed by atoms with Crippen LogP contribution in [0.15, 0.2) is 36.5 Å². The lowest BCUT2D eigenvalue weighted by Crippen LogP contribution is -2.52. The van der Waals surface area contributed by atoms with Crippen LogP contribution in [0.2, 0.25) is 0 Å². The zero-order valence-electron chi connectivity index (χ0n) is 16.6. The van der Waals surface area contributed by atoms with Crippen LogP contribution in [-0.2, 0) is 0 Å². The van der Waals surface area contributed by atoms with Crippen molar-refractivity contribution in [2.24, 2.45) is 0 Å². The van der Waals surface area contributed by atoms with Gasteiger partial charge in [-0.05, 0) is 43.7 Å². The third-order valence-corrected chi connectivity index (χ3v) is 6.20. The molecular weight excluding hydrogens is 366 g/mol. The number of aromatic nitrogens is 2. The van der Waals surface area contributed by atoms with Crippen LogP contribution in [-0.4, -0.2) is 45.5 Å². The Hall–Kier alpha value is -3.15. The largest absolute Gasteiger partial charge is 0.486 e. The average molecular weight is 389 g/mol. The van der Waals surface area contributed by atoms with E-state index in [1.54, 1.807) is 6.20 Å². The SMILES string of the molecule is Cc1ccc2c(c1)C(=O)CC1(CCN(C(=O)c3cc(C)c4[nH]ncc4c3)CC1)O2. The number of hydrogen-bond acceptors (Lipinski definition) is 4. The molecule has 0 aliphatic carbocycles. The highest BCUT2D eigenvalue weighted by molar-refractivity contribution is 6.01. The predicted octanol–water partition coefficient (Wildman–Crippen LogP) is 3.82. The summed E-state index contributed by atoms with van der Waals surface area (Å²) in [5.41, 5.74) is 3.88. The van der Waals surface area contributed by atoms with Gasteiger partial charge in [0.05, 0.1) is 23.7 Å². The number of piperidine rings is 1. The monoisotopic (exact) mass is 389 g/mol. The number of nitrogens with one attached hydrogen (secondary N) is 1. The molecule has 6 nitrogen and oxygen atoms in total. The molecular formula is C23H23N3O3. The van der Waals surface area contributed by atoms with Crippen molar-refractivity contribution in [3.63, 3.8) is 0 Å². The first-order valence-electron chi connectivity index (χ1n) is 10.00. The van der Waals surface area contributed by atoms with E-state index >= 15 is 0 Å². The lowest BCUT2D eigenvalue weighted by atomic mass is 9.82. The van der Waals surface area contributed by atoms with E-state index in [0.29, 0.717) is 49.2 Å². The highest BCUT2D eigenvalue weighted by Gasteiger charge is 2.43. The van der Waals surface area contributed by atoms with E-state index in [1.807, 2.05) is 49.1 Å². The van der Waals surface area contributed by atoms with Gasteiger partial charge in [0.2, 0.25) is 0 Å². The van der Waals surface area contributed by atoms with Crippen LogP contribution in [0.5, 0.6) is 5.75 Å². The van der Waals surface area contributed by atoms with E-state index in [-0.39, 0.29) is 11.7 Å². The summed E-state index contributed by atoms with van der Waals surface area (Å²) in [7, 11) is 0. The van der Waals surface area contributed by atoms with Crippen LogP contribution >= 0.6 is 0 Å². The molecule has 29 heavy (non-hydrogen) atoms. The Balaban J connectivity index is 1.34. The first-order chi connectivity index (χ1) is 13.9. The number of hydrogen-bond donors (Lipinski definition) is 1. The van der Waals surface area contributed by atoms with Crippen LogP contribution in [0.1, 0.15) is 51.1 Å². The number of likely N-dealkylation sites (tertiary alicyclic amines) is 1. The van der Waals surface area contributed by atoms with Crippen molar-refractivity contribution in [3.05, 3.63) is 58.8 Å². The Bertz CT molecular complexity index is 1140. The molecule has 148 valence electrons. The maximum Gasteiger partial charge on any atom is 0.253 e. The molecule has 1 spiro atoms. The summed E-state index contributed by atoms with van der Waals surface area (Å²) in [5, 5.41) is 7.97. The van der Waals surface area contributed by atoms with E-state index in [0.717, 1.165) is 22.0 Å². The van der Waals surface area contributed by atoms with Gasteiger partial charge in [-0.25, -0.2) is 0 Å². The average Bonchev–Trinajstić information content (AvgIpc) is 3.18. The molecule has 2 aliphatic rings. The van der Waals surface area contributed by atoms with Crippen molar-refractivity contribution in [1.82, 2.24) is 15.1 Å². The molecule has 0 atom stereocenters. The number of H-pyrrole nitrogens is 1. The summed E-state index contributed by atoms with van der Waals surface area (Å²) < 4.78 is 6.31. The van der Waals surface area contributed by atoms with E-state index < -0.39 is 5.60 Å². The van der Waals surface area contributed by atoms with Gasteiger partial charge in [-0.2, -0.15) is 5.10 Å². The van der Waals surface area contributed by atoms with Gasteiger partial charge in [0.15, 0.2) is 5.78 Å². The fraction of sp³-hybridized carbons (Fsp3) is 0.348. The van der Waals surface area contributed by atoms with Gasteiger partial charge >= 0.3 is 0 Å². The zero-order valence-corrected chi connectivity index (χ0v) is 16.6. The molecule has 1 amide bonds. The highest BCUT2D eigenvalue weighted by Crippen LogP contribution is 2.39. The molecule has 2 aliphatic heterocycles. The molecule has 1 N–H and O–H groups in total. The maximum absolute atomic E-state index is 13.1. The minimum atomic E-state index is -0.499. The van der Waals surface area contributed by atoms with Gasteiger partial charge in [-0.15, -0.1) is 0 Å². The molecule has 3 aromatic rings. The van der Waals surface area contributed by atoms with Crippen LogP contribution in [0.4, 0.5) is 0 Å². The van der Waals surface area contributed by atoms with Gasteiger partial charge in [0.1, 0.15) is 11.4 Å². The second-order valence-electron chi connectivity index (χ2n) is 8.30. The molecule has 1 saturated heterocycles. The number of ketones is 1. The number of benzene rings is 2. The number of carbonyl (C=O) groups is 2. The number of carbonyl (C=O) groups excluding carboxylic acids is 2. The lowest BCUT2D eigenvalue weighted by Gasteiger charge is -2.44. The number of nitrogens with zero attached hydrogens (tertiary/aromatic N) is 2. The van der Waals surface area contributed by atoms with E-state index in [1.165, 1.54) is 0 Å². The first-order valence-corrected chi connectivity index (χ1v) is 10.00. The topological polar surface area (TPSA) is 75.3 Å². The lowest BCUT2D eigenvalue weighted by molar-refractivity contribution is -0.00572. The molecule has 1 aromatic heterocycles. The Labute approximate surface area is 168 Å². The van der Waals surface area contributed by atoms with Crippen molar-refractivity contribution >= 4 is 22.6 Å². The Morgan fingerprint density at radius 1 is 1.17 bits per heavy atom. The summed E-state index contributed by atoms with van der Waals surface area (Å²) in [6, 6.07) is 9.56. The van der Waals surface area contributed by atoms with Crippen molar-refractivity contribution in [2.75, 3.05) is 13.1 Å². The maximum atomic E-state index is 13.1. The van der Waals surface area contributed by atoms with Gasteiger partial charge in [-0.1, -0.05) is 11.6 Å². The van der Waals surface area contributed by atoms with E-state index in [9.17, 15) is 9.59 Å². The summed E-state index contributed by atoms with van der Waals surface area (Å²) in [6.07, 6.45) is 3.44. The zero-order chi connectivity index (χ0) is 20.2. The Morgan fingerprint density at radius 2 is 1.97 bits per heavy atom. The molecule has 5 rings (SSSR count). The number of Topliss-reactive ketones (excluding diaryl/α,β-unsaturated/α-hetero) is 1. The second kappa shape index (κ2) is 6.44. The van der Waals surface area contributed by atoms with Crippen molar-refractivity contribution in [3.8, 4) is 5.75 Å². The van der Waals surface area contributed by atoms with Crippen molar-refractivity contribution < 1.29 is 14.3 Å². The quantitative estimate of drug-likeness (QED) is 0.687. The second-order valence-corrected chi connectivity index (χ2v) is 8.30. The highest BCUT2D eigenvalue weighted by atomic mass is 16.5. The fourth-order valence-corrected chi connectivity index (χ4v) is 4.55. The van der Waals surface area contributed by atoms with Crippen LogP contribution < -0.4 is 4.74 Å². The molecule has 3 heterocycles. The van der Waals surface area contributed by atoms with Crippen LogP contribution in [0.3, 0.4) is 0 Å². The predicted molar refractivity (Wildman–Crippen MR) is 109 cm³/mol. The Kier molecular flexibility index (Phi) is 3.98. The number of fused-ring (bicyclic) bond motifs is 2. The summed E-state index contributed by atoms with van der Waals surface area (Å²) >= 11 is 0. The van der Waals surface area contributed by atoms with Crippen LogP contribution in [0, 0.1) is 13.8 Å². The molecule has 0 unspecified atom stereocenters. The molecule has 0 radical (unpaired) electrons. The third kappa shape index (κ3) is 2.99. The van der Waals surface area contributed by atoms with Gasteiger partial charge in [0.25, 0.3) is 5.91 Å². The fourth-order valence-electron chi connectivity index (χ4n) is 4.55. The first kappa shape index (κ1) is 17.9. The number of rotatable bonds is 1. The Morgan fingerprint density at radius 3 is 2.76 bits per heavy atom. The van der Waals surface area contributed by atoms with Gasteiger partial charge in [0, 0.05) is 36.9 Å². The standard InChI is InChI=1S/C23H23N3O3/c1-14-3-4-20-18(9-14)19(27)12-23(29-20)5-7-26(8-6-23)22(28)16-10-15(2)21-17(11-16)13-24-25-21/h3-4,9-11,13H,5-8,12H2,1-2H3,(H,24,25). The van der Waals surface area contributed by atoms with E-state index in [4.69, 9.17) is 4.74 Å². The third-order valence-electron chi connectivity index (χ3n) is 6.20. The summed E-state index contributed by atoms with van der Waals surface area (Å²) in [6.45, 7) is 5.11. The van der Waals surface area contributed by atoms with E-state index in [2.05, 4.69) is 10.2 Å². The summed E-state index contributed by atoms with van der Waals surface area (Å²) in [4.78, 5) is 27.7. The number of ether oxygens (including phenoxy) is 1. The smallest absolute Gasteiger partial charge is 0.253 e. The summed E-state index contributed by atoms with van der Waals surface area (Å²) in [5.74, 6) is 0.827. The van der Waals surface area contributed by atoms with Crippen molar-refractivity contribution in [2.45, 2.75) is 38.7 Å². The minimum Gasteiger partial charge on any atom is -0.486 e. The number of aryl methyl sites for hydroxylation is 2. The molecule has 1 fully saturated rings. The van der Waals surface area contributed by atoms with Gasteiger partial charge < -0.3 is 9.64 Å². The number of aromatic amines is 1. The minimum absolute atomic E-state index is 0.0178. The normalized spacial score (nSPS) is 18.0. The molecule has 0 bridgehead atoms. The molecule has 6 heteroatoms. The van der Waals surface area contributed by atoms with Gasteiger partial charge in [-0.3, -0.25) is 14.7 Å².